The lowest BCUT2D eigenvalue weighted by molar-refractivity contribution is -0.122. The summed E-state index contributed by atoms with van der Waals surface area (Å²) in [4.78, 5) is 18.9. The lowest BCUT2D eigenvalue weighted by Crippen LogP contribution is -2.50. The van der Waals surface area contributed by atoms with Gasteiger partial charge in [-0.25, -0.2) is 8.78 Å². The highest BCUT2D eigenvalue weighted by atomic mass is 19.3. The summed E-state index contributed by atoms with van der Waals surface area (Å²) in [6, 6.07) is 5.79. The second-order valence-corrected chi connectivity index (χ2v) is 8.40. The number of hydrogen-bond donors (Lipinski definition) is 1. The van der Waals surface area contributed by atoms with Crippen molar-refractivity contribution in [3.05, 3.63) is 35.4 Å². The van der Waals surface area contributed by atoms with Crippen molar-refractivity contribution < 1.29 is 13.6 Å². The number of alkyl halides is 2. The van der Waals surface area contributed by atoms with E-state index in [1.165, 1.54) is 0 Å². The molecule has 3 rings (SSSR count). The molecule has 1 aliphatic heterocycles. The quantitative estimate of drug-likeness (QED) is 0.696. The van der Waals surface area contributed by atoms with Gasteiger partial charge < -0.3 is 10.2 Å². The summed E-state index contributed by atoms with van der Waals surface area (Å²) in [6.45, 7) is 7.37. The van der Waals surface area contributed by atoms with Crippen molar-refractivity contribution in [3.63, 3.8) is 0 Å². The van der Waals surface area contributed by atoms with E-state index in [2.05, 4.69) is 28.2 Å². The maximum absolute atomic E-state index is 13.1. The third-order valence-corrected chi connectivity index (χ3v) is 5.76. The first kappa shape index (κ1) is 21.9. The van der Waals surface area contributed by atoms with E-state index in [4.69, 9.17) is 0 Å². The fourth-order valence-electron chi connectivity index (χ4n) is 4.15. The highest BCUT2D eigenvalue weighted by molar-refractivity contribution is 5.80. The van der Waals surface area contributed by atoms with Gasteiger partial charge in [0.05, 0.1) is 11.3 Å². The van der Waals surface area contributed by atoms with Crippen LogP contribution < -0.4 is 10.2 Å². The van der Waals surface area contributed by atoms with Gasteiger partial charge in [0, 0.05) is 49.8 Å². The molecule has 2 fully saturated rings. The Bertz CT molecular complexity index is 903. The van der Waals surface area contributed by atoms with E-state index in [1.54, 1.807) is 12.3 Å². The average Bonchev–Trinajstić information content (AvgIpc) is 3.27. The maximum Gasteiger partial charge on any atom is 0.252 e. The van der Waals surface area contributed by atoms with E-state index in [0.717, 1.165) is 24.2 Å². The number of piperidine rings is 1. The summed E-state index contributed by atoms with van der Waals surface area (Å²) < 4.78 is 26.2. The zero-order valence-electron chi connectivity index (χ0n) is 17.7. The fourth-order valence-corrected chi connectivity index (χ4v) is 4.15. The van der Waals surface area contributed by atoms with Crippen LogP contribution in [0.25, 0.3) is 0 Å². The molecule has 1 N–H and O–H groups in total. The zero-order valence-corrected chi connectivity index (χ0v) is 17.7. The highest BCUT2D eigenvalue weighted by Gasteiger charge is 2.57. The molecule has 5 nitrogen and oxygen atoms in total. The summed E-state index contributed by atoms with van der Waals surface area (Å²) in [5.74, 6) is -3.46. The minimum atomic E-state index is -2.67. The number of benzene rings is 1. The number of aliphatic imine (C=N–C) groups is 1. The predicted octanol–water partition coefficient (Wildman–Crippen LogP) is 4.52. The second-order valence-electron chi connectivity index (χ2n) is 8.40. The predicted molar refractivity (Wildman–Crippen MR) is 114 cm³/mol. The number of nitrogens with zero attached hydrogens (tertiary/aromatic N) is 3. The number of hydrogen-bond acceptors (Lipinski definition) is 4. The van der Waals surface area contributed by atoms with Crippen molar-refractivity contribution in [2.24, 2.45) is 16.8 Å². The van der Waals surface area contributed by atoms with Crippen LogP contribution in [-0.4, -0.2) is 37.2 Å². The normalized spacial score (nSPS) is 25.5. The van der Waals surface area contributed by atoms with E-state index < -0.39 is 11.8 Å². The lowest BCUT2D eigenvalue weighted by Gasteiger charge is -2.39. The molecule has 1 saturated carbocycles. The van der Waals surface area contributed by atoms with Crippen molar-refractivity contribution in [1.82, 2.24) is 5.32 Å². The van der Waals surface area contributed by atoms with E-state index in [9.17, 15) is 18.8 Å². The van der Waals surface area contributed by atoms with E-state index in [1.807, 2.05) is 32.1 Å². The molecule has 1 aromatic carbocycles. The van der Waals surface area contributed by atoms with Crippen LogP contribution in [0.4, 0.5) is 20.2 Å². The molecule has 1 saturated heterocycles. The van der Waals surface area contributed by atoms with Gasteiger partial charge in [-0.15, -0.1) is 0 Å². The first-order chi connectivity index (χ1) is 14.2. The van der Waals surface area contributed by atoms with Crippen molar-refractivity contribution in [2.45, 2.75) is 52.0 Å². The van der Waals surface area contributed by atoms with Crippen LogP contribution in [0.5, 0.6) is 0 Å². The van der Waals surface area contributed by atoms with Gasteiger partial charge in [-0.3, -0.25) is 9.79 Å². The molecule has 1 unspecified atom stereocenters. The van der Waals surface area contributed by atoms with E-state index in [-0.39, 0.29) is 24.8 Å². The van der Waals surface area contributed by atoms with Crippen LogP contribution in [0.2, 0.25) is 0 Å². The number of carbonyl (C=O) groups is 1. The molecule has 1 aromatic rings. The maximum atomic E-state index is 13.1. The fraction of sp³-hybridized carbons (Fsp3) is 0.522. The standard InChI is InChI=1S/C23H28F2N4O/c1-4-5-8-27-22-16(3)20(7-6-17(22)12-26)29-13-15(2)9-19(14-29)28-21(30)10-18-11-23(18,24)25/h4-8,15,18-19H,9-11,13-14H2,1-3H3,(H,28,30)/b5-4+,27-8?/t15-,18?,19+/m0/s1. The highest BCUT2D eigenvalue weighted by Crippen LogP contribution is 2.50. The van der Waals surface area contributed by atoms with Gasteiger partial charge >= 0.3 is 0 Å². The minimum Gasteiger partial charge on any atom is -0.369 e. The van der Waals surface area contributed by atoms with Crippen LogP contribution in [0.15, 0.2) is 29.3 Å². The Hall–Kier alpha value is -2.75. The Morgan fingerprint density at radius 2 is 2.17 bits per heavy atom. The molecule has 1 heterocycles. The van der Waals surface area contributed by atoms with Crippen molar-refractivity contribution in [3.8, 4) is 6.07 Å². The molecule has 160 valence electrons. The number of nitriles is 1. The molecule has 0 radical (unpaired) electrons. The van der Waals surface area contributed by atoms with Gasteiger partial charge in [0.25, 0.3) is 5.92 Å². The molecule has 0 bridgehead atoms. The SMILES string of the molecule is C/C=C/C=Nc1c(C#N)ccc(N2C[C@@H](C)C[C@@H](NC(=O)CC3CC3(F)F)C2)c1C. The van der Waals surface area contributed by atoms with E-state index >= 15 is 0 Å². The Labute approximate surface area is 176 Å². The molecule has 30 heavy (non-hydrogen) atoms. The molecule has 1 aliphatic carbocycles. The first-order valence-electron chi connectivity index (χ1n) is 10.4. The Morgan fingerprint density at radius 1 is 1.43 bits per heavy atom. The topological polar surface area (TPSA) is 68.5 Å². The molecule has 1 amide bonds. The lowest BCUT2D eigenvalue weighted by atomic mass is 9.94. The molecular weight excluding hydrogens is 386 g/mol. The van der Waals surface area contributed by atoms with Gasteiger partial charge in [-0.2, -0.15) is 5.26 Å². The van der Waals surface area contributed by atoms with Crippen LogP contribution in [0.1, 0.15) is 44.2 Å². The summed E-state index contributed by atoms with van der Waals surface area (Å²) in [6.07, 6.45) is 5.86. The van der Waals surface area contributed by atoms with Crippen LogP contribution >= 0.6 is 0 Å². The van der Waals surface area contributed by atoms with Crippen LogP contribution in [0.3, 0.4) is 0 Å². The third kappa shape index (κ3) is 5.05. The smallest absolute Gasteiger partial charge is 0.252 e. The van der Waals surface area contributed by atoms with Gasteiger partial charge in [0.2, 0.25) is 5.91 Å². The summed E-state index contributed by atoms with van der Waals surface area (Å²) in [5.41, 5.74) is 3.04. The summed E-state index contributed by atoms with van der Waals surface area (Å²) >= 11 is 0. The third-order valence-electron chi connectivity index (χ3n) is 5.76. The molecule has 0 aromatic heterocycles. The summed E-state index contributed by atoms with van der Waals surface area (Å²) in [5, 5.41) is 12.4. The number of rotatable bonds is 6. The van der Waals surface area contributed by atoms with Crippen LogP contribution in [-0.2, 0) is 4.79 Å². The molecule has 2 aliphatic rings. The van der Waals surface area contributed by atoms with Gasteiger partial charge in [0.15, 0.2) is 0 Å². The molecular formula is C23H28F2N4O. The number of amides is 1. The number of halogens is 2. The van der Waals surface area contributed by atoms with Crippen molar-refractivity contribution in [1.29, 1.82) is 5.26 Å². The van der Waals surface area contributed by atoms with Gasteiger partial charge in [-0.05, 0) is 50.0 Å². The average molecular weight is 415 g/mol. The number of allylic oxidation sites excluding steroid dienone is 2. The van der Waals surface area contributed by atoms with Crippen LogP contribution in [0, 0.1) is 30.1 Å². The largest absolute Gasteiger partial charge is 0.369 e. The minimum absolute atomic E-state index is 0.0985. The number of nitrogens with one attached hydrogen (secondary N) is 1. The van der Waals surface area contributed by atoms with Crippen molar-refractivity contribution >= 4 is 23.5 Å². The monoisotopic (exact) mass is 414 g/mol. The zero-order chi connectivity index (χ0) is 21.9. The molecule has 7 heteroatoms. The summed E-state index contributed by atoms with van der Waals surface area (Å²) in [7, 11) is 0. The number of anilines is 1. The first-order valence-corrected chi connectivity index (χ1v) is 10.4. The molecule has 3 atom stereocenters. The Balaban J connectivity index is 1.75. The van der Waals surface area contributed by atoms with Crippen molar-refractivity contribution in [2.75, 3.05) is 18.0 Å². The van der Waals surface area contributed by atoms with E-state index in [0.29, 0.717) is 23.7 Å². The van der Waals surface area contributed by atoms with Gasteiger partial charge in [0.1, 0.15) is 6.07 Å². The molecule has 0 spiro atoms. The Morgan fingerprint density at radius 3 is 2.80 bits per heavy atom. The Kier molecular flexibility index (Phi) is 6.55. The van der Waals surface area contributed by atoms with Gasteiger partial charge in [-0.1, -0.05) is 13.0 Å². The number of carbonyl (C=O) groups excluding carboxylic acids is 1. The second kappa shape index (κ2) is 8.95.